The fourth-order valence-corrected chi connectivity index (χ4v) is 3.42. The first-order chi connectivity index (χ1) is 7.67. The van der Waals surface area contributed by atoms with Crippen LogP contribution in [-0.4, -0.2) is 30.1 Å². The third kappa shape index (κ3) is 1.94. The molecule has 2 nitrogen and oxygen atoms in total. The van der Waals surface area contributed by atoms with Crippen molar-refractivity contribution in [2.75, 3.05) is 18.6 Å². The largest absolute Gasteiger partial charge is 0.395 e. The van der Waals surface area contributed by atoms with Crippen molar-refractivity contribution in [3.63, 3.8) is 0 Å². The maximum absolute atomic E-state index is 9.38. The Morgan fingerprint density at radius 2 is 2.19 bits per heavy atom. The van der Waals surface area contributed by atoms with E-state index >= 15 is 0 Å². The summed E-state index contributed by atoms with van der Waals surface area (Å²) in [4.78, 5) is 3.57. The highest BCUT2D eigenvalue weighted by molar-refractivity contribution is 8.00. The molecule has 16 heavy (non-hydrogen) atoms. The Hall–Kier alpha value is -0.670. The number of thioether (sulfide) groups is 1. The maximum atomic E-state index is 9.38. The number of benzene rings is 1. The smallest absolute Gasteiger partial charge is 0.0573 e. The van der Waals surface area contributed by atoms with E-state index < -0.39 is 0 Å². The van der Waals surface area contributed by atoms with Crippen LogP contribution in [0.1, 0.15) is 19.4 Å². The molecule has 1 heterocycles. The summed E-state index contributed by atoms with van der Waals surface area (Å²) in [6, 6.07) is 7.04. The van der Waals surface area contributed by atoms with E-state index in [1.807, 2.05) is 0 Å². The highest BCUT2D eigenvalue weighted by Gasteiger charge is 2.29. The topological polar surface area (TPSA) is 23.5 Å². The molecule has 1 aliphatic rings. The van der Waals surface area contributed by atoms with Crippen LogP contribution >= 0.6 is 11.8 Å². The predicted octanol–water partition coefficient (Wildman–Crippen LogP) is 2.54. The Labute approximate surface area is 102 Å². The molecule has 3 heteroatoms. The Bertz CT molecular complexity index is 380. The van der Waals surface area contributed by atoms with Gasteiger partial charge in [-0.3, -0.25) is 0 Å². The van der Waals surface area contributed by atoms with Gasteiger partial charge in [0.15, 0.2) is 0 Å². The van der Waals surface area contributed by atoms with Gasteiger partial charge in [0.25, 0.3) is 0 Å². The number of fused-ring (bicyclic) bond motifs is 1. The minimum Gasteiger partial charge on any atom is -0.395 e. The molecule has 0 saturated carbocycles. The lowest BCUT2D eigenvalue weighted by Crippen LogP contribution is -2.42. The second-order valence-electron chi connectivity index (χ2n) is 4.35. The minimum atomic E-state index is 0.242. The van der Waals surface area contributed by atoms with Crippen molar-refractivity contribution in [1.82, 2.24) is 0 Å². The zero-order valence-corrected chi connectivity index (χ0v) is 10.9. The molecule has 2 rings (SSSR count). The highest BCUT2D eigenvalue weighted by atomic mass is 32.2. The number of anilines is 1. The molecule has 2 unspecified atom stereocenters. The summed E-state index contributed by atoms with van der Waals surface area (Å²) in [6.45, 7) is 4.58. The van der Waals surface area contributed by atoms with Gasteiger partial charge in [0.05, 0.1) is 17.5 Å². The summed E-state index contributed by atoms with van der Waals surface area (Å²) in [5.41, 5.74) is 2.66. The highest BCUT2D eigenvalue weighted by Crippen LogP contribution is 2.41. The van der Waals surface area contributed by atoms with E-state index in [2.05, 4.69) is 44.0 Å². The van der Waals surface area contributed by atoms with Gasteiger partial charge in [0, 0.05) is 18.0 Å². The van der Waals surface area contributed by atoms with E-state index in [1.165, 1.54) is 16.1 Å². The van der Waals surface area contributed by atoms with Crippen LogP contribution in [0.4, 0.5) is 5.69 Å². The first kappa shape index (κ1) is 11.8. The van der Waals surface area contributed by atoms with Crippen molar-refractivity contribution in [3.8, 4) is 0 Å². The Balaban J connectivity index is 2.38. The van der Waals surface area contributed by atoms with Crippen LogP contribution in [-0.2, 0) is 6.42 Å². The quantitative estimate of drug-likeness (QED) is 0.855. The molecule has 1 aliphatic heterocycles. The number of hydrogen-bond acceptors (Lipinski definition) is 3. The molecule has 0 saturated heterocycles. The van der Waals surface area contributed by atoms with Crippen molar-refractivity contribution in [1.29, 1.82) is 0 Å². The molecule has 0 spiro atoms. The lowest BCUT2D eigenvalue weighted by atomic mass is 10.1. The van der Waals surface area contributed by atoms with Crippen LogP contribution in [0.25, 0.3) is 0 Å². The van der Waals surface area contributed by atoms with Crippen LogP contribution < -0.4 is 4.90 Å². The normalized spacial score (nSPS) is 24.4. The van der Waals surface area contributed by atoms with Crippen LogP contribution in [0.3, 0.4) is 0 Å². The molecule has 0 aliphatic carbocycles. The predicted molar refractivity (Wildman–Crippen MR) is 70.4 cm³/mol. The van der Waals surface area contributed by atoms with Crippen LogP contribution in [0, 0.1) is 0 Å². The molecule has 2 atom stereocenters. The average molecular weight is 237 g/mol. The average Bonchev–Trinajstić information content (AvgIpc) is 2.33. The lowest BCUT2D eigenvalue weighted by Gasteiger charge is -2.38. The summed E-state index contributed by atoms with van der Waals surface area (Å²) in [6.07, 6.45) is 1.07. The third-order valence-electron chi connectivity index (χ3n) is 3.42. The van der Waals surface area contributed by atoms with Gasteiger partial charge in [-0.1, -0.05) is 13.0 Å². The number of hydrogen-bond donors (Lipinski definition) is 1. The Kier molecular flexibility index (Phi) is 3.45. The maximum Gasteiger partial charge on any atom is 0.0573 e. The van der Waals surface area contributed by atoms with Gasteiger partial charge in [-0.05, 0) is 31.0 Å². The van der Waals surface area contributed by atoms with Crippen molar-refractivity contribution < 1.29 is 5.11 Å². The minimum absolute atomic E-state index is 0.242. The van der Waals surface area contributed by atoms with E-state index in [4.69, 9.17) is 0 Å². The second-order valence-corrected chi connectivity index (χ2v) is 5.63. The van der Waals surface area contributed by atoms with Crippen molar-refractivity contribution in [2.45, 2.75) is 36.5 Å². The molecule has 88 valence electrons. The summed E-state index contributed by atoms with van der Waals surface area (Å²) in [5, 5.41) is 9.67. The van der Waals surface area contributed by atoms with Crippen molar-refractivity contribution in [3.05, 3.63) is 23.8 Å². The Morgan fingerprint density at radius 1 is 1.44 bits per heavy atom. The molecule has 0 amide bonds. The van der Waals surface area contributed by atoms with Crippen molar-refractivity contribution in [2.24, 2.45) is 0 Å². The van der Waals surface area contributed by atoms with Crippen molar-refractivity contribution >= 4 is 17.4 Å². The molecule has 1 N–H and O–H groups in total. The lowest BCUT2D eigenvalue weighted by molar-refractivity contribution is 0.282. The number of aryl methyl sites for hydroxylation is 1. The molecule has 0 fully saturated rings. The van der Waals surface area contributed by atoms with Crippen LogP contribution in [0.5, 0.6) is 0 Å². The van der Waals surface area contributed by atoms with Gasteiger partial charge in [-0.25, -0.2) is 0 Å². The summed E-state index contributed by atoms with van der Waals surface area (Å²) >= 11 is 1.81. The van der Waals surface area contributed by atoms with Crippen LogP contribution in [0.15, 0.2) is 23.1 Å². The summed E-state index contributed by atoms with van der Waals surface area (Å²) in [5.74, 6) is 0. The van der Waals surface area contributed by atoms with E-state index in [0.29, 0.717) is 6.04 Å². The SMILES string of the molecule is CCc1ccc2c(c1)SC(CO)C(C)N2C. The number of rotatable bonds is 2. The number of aliphatic hydroxyl groups excluding tert-OH is 1. The molecule has 1 aromatic carbocycles. The zero-order valence-electron chi connectivity index (χ0n) is 10.1. The molecule has 0 radical (unpaired) electrons. The monoisotopic (exact) mass is 237 g/mol. The number of aliphatic hydroxyl groups is 1. The first-order valence-corrected chi connectivity index (χ1v) is 6.68. The molecule has 1 aromatic rings. The molecule has 0 bridgehead atoms. The van der Waals surface area contributed by atoms with Gasteiger partial charge in [-0.15, -0.1) is 11.8 Å². The van der Waals surface area contributed by atoms with Gasteiger partial charge >= 0.3 is 0 Å². The van der Waals surface area contributed by atoms with E-state index in [9.17, 15) is 5.11 Å². The van der Waals surface area contributed by atoms with Gasteiger partial charge in [0.1, 0.15) is 0 Å². The fraction of sp³-hybridized carbons (Fsp3) is 0.538. The third-order valence-corrected chi connectivity index (χ3v) is 4.85. The van der Waals surface area contributed by atoms with E-state index in [1.54, 1.807) is 11.8 Å². The molecule has 0 aromatic heterocycles. The molecular weight excluding hydrogens is 218 g/mol. The van der Waals surface area contributed by atoms with Gasteiger partial charge in [-0.2, -0.15) is 0 Å². The fourth-order valence-electron chi connectivity index (χ4n) is 2.08. The second kappa shape index (κ2) is 4.68. The van der Waals surface area contributed by atoms with Crippen LogP contribution in [0.2, 0.25) is 0 Å². The first-order valence-electron chi connectivity index (χ1n) is 5.80. The van der Waals surface area contributed by atoms with Gasteiger partial charge in [0.2, 0.25) is 0 Å². The molecular formula is C13H19NOS. The summed E-state index contributed by atoms with van der Waals surface area (Å²) < 4.78 is 0. The standard InChI is InChI=1S/C13H19NOS/c1-4-10-5-6-11-12(7-10)16-13(8-15)9(2)14(11)3/h5-7,9,13,15H,4,8H2,1-3H3. The Morgan fingerprint density at radius 3 is 2.81 bits per heavy atom. The van der Waals surface area contributed by atoms with E-state index in [-0.39, 0.29) is 11.9 Å². The van der Waals surface area contributed by atoms with Gasteiger partial charge < -0.3 is 10.0 Å². The number of nitrogens with zero attached hydrogens (tertiary/aromatic N) is 1. The van der Waals surface area contributed by atoms with E-state index in [0.717, 1.165) is 6.42 Å². The summed E-state index contributed by atoms with van der Waals surface area (Å²) in [7, 11) is 2.11. The zero-order chi connectivity index (χ0) is 11.7.